The molecule has 2 nitrogen and oxygen atoms in total. The Morgan fingerprint density at radius 1 is 0.960 bits per heavy atom. The van der Waals surface area contributed by atoms with E-state index in [0.717, 1.165) is 13.0 Å². The fourth-order valence-corrected chi connectivity index (χ4v) is 5.37. The molecule has 1 heterocycles. The van der Waals surface area contributed by atoms with Crippen LogP contribution in [0.15, 0.2) is 48.5 Å². The average molecular weight is 354 g/mol. The largest absolute Gasteiger partial charge is 0.403 e. The predicted molar refractivity (Wildman–Crippen MR) is 109 cm³/mol. The summed E-state index contributed by atoms with van der Waals surface area (Å²) >= 11 is 0. The van der Waals surface area contributed by atoms with E-state index in [1.54, 1.807) is 0 Å². The molecule has 0 aliphatic carbocycles. The standard InChI is InChI=1S/C22H31NOSi/c1-17-9-6-11-19(15-17)22(24-25(3,4)5,21-13-8-14-23-21)20-12-7-10-18(2)16-20/h6-7,9-12,15-16,21,23H,8,13-14H2,1-5H3. The van der Waals surface area contributed by atoms with E-state index < -0.39 is 13.9 Å². The van der Waals surface area contributed by atoms with Crippen molar-refractivity contribution in [3.8, 4) is 0 Å². The van der Waals surface area contributed by atoms with Crippen LogP contribution in [0.1, 0.15) is 35.1 Å². The molecule has 0 saturated carbocycles. The highest BCUT2D eigenvalue weighted by Gasteiger charge is 2.47. The summed E-state index contributed by atoms with van der Waals surface area (Å²) in [4.78, 5) is 0. The summed E-state index contributed by atoms with van der Waals surface area (Å²) in [5, 5.41) is 3.75. The van der Waals surface area contributed by atoms with Crippen LogP contribution in [-0.4, -0.2) is 20.9 Å². The van der Waals surface area contributed by atoms with Crippen molar-refractivity contribution in [2.24, 2.45) is 0 Å². The average Bonchev–Trinajstić information content (AvgIpc) is 3.06. The second kappa shape index (κ2) is 7.06. The maximum absolute atomic E-state index is 7.07. The zero-order valence-corrected chi connectivity index (χ0v) is 17.2. The number of benzene rings is 2. The van der Waals surface area contributed by atoms with Crippen molar-refractivity contribution in [1.82, 2.24) is 5.32 Å². The van der Waals surface area contributed by atoms with Crippen molar-refractivity contribution in [3.63, 3.8) is 0 Å². The van der Waals surface area contributed by atoms with Crippen LogP contribution in [0.2, 0.25) is 19.6 Å². The third-order valence-corrected chi connectivity index (χ3v) is 5.85. The SMILES string of the molecule is Cc1cccc(C(O[Si](C)(C)C)(c2cccc(C)c2)C2CCCN2)c1. The van der Waals surface area contributed by atoms with E-state index in [1.165, 1.54) is 28.7 Å². The maximum atomic E-state index is 7.07. The molecule has 134 valence electrons. The molecular weight excluding hydrogens is 322 g/mol. The lowest BCUT2D eigenvalue weighted by atomic mass is 9.78. The Bertz CT molecular complexity index is 683. The molecule has 1 unspecified atom stereocenters. The van der Waals surface area contributed by atoms with E-state index >= 15 is 0 Å². The molecule has 3 rings (SSSR count). The lowest BCUT2D eigenvalue weighted by molar-refractivity contribution is 0.0638. The van der Waals surface area contributed by atoms with Gasteiger partial charge in [0.2, 0.25) is 0 Å². The van der Waals surface area contributed by atoms with Gasteiger partial charge in [-0.1, -0.05) is 59.7 Å². The van der Waals surface area contributed by atoms with Crippen LogP contribution >= 0.6 is 0 Å². The minimum atomic E-state index is -1.80. The minimum Gasteiger partial charge on any atom is -0.403 e. The van der Waals surface area contributed by atoms with Crippen molar-refractivity contribution in [3.05, 3.63) is 70.8 Å². The molecule has 1 N–H and O–H groups in total. The molecule has 25 heavy (non-hydrogen) atoms. The summed E-state index contributed by atoms with van der Waals surface area (Å²) in [5.41, 5.74) is 4.71. The van der Waals surface area contributed by atoms with Crippen LogP contribution in [0.4, 0.5) is 0 Å². The normalized spacial score (nSPS) is 18.5. The Morgan fingerprint density at radius 3 is 1.92 bits per heavy atom. The third-order valence-electron chi connectivity index (χ3n) is 4.91. The van der Waals surface area contributed by atoms with Gasteiger partial charge in [-0.2, -0.15) is 0 Å². The van der Waals surface area contributed by atoms with Crippen molar-refractivity contribution in [2.45, 2.75) is 58.0 Å². The first-order valence-electron chi connectivity index (χ1n) is 9.39. The van der Waals surface area contributed by atoms with Crippen LogP contribution in [0, 0.1) is 13.8 Å². The predicted octanol–water partition coefficient (Wildman–Crippen LogP) is 5.15. The summed E-state index contributed by atoms with van der Waals surface area (Å²) in [5.74, 6) is 0. The molecule has 1 aliphatic heterocycles. The lowest BCUT2D eigenvalue weighted by Crippen LogP contribution is -2.53. The van der Waals surface area contributed by atoms with E-state index in [0.29, 0.717) is 6.04 Å². The summed E-state index contributed by atoms with van der Waals surface area (Å²) in [6, 6.07) is 18.1. The summed E-state index contributed by atoms with van der Waals surface area (Å²) in [6.07, 6.45) is 2.35. The van der Waals surface area contributed by atoms with Gasteiger partial charge < -0.3 is 9.74 Å². The smallest absolute Gasteiger partial charge is 0.185 e. The van der Waals surface area contributed by atoms with Gasteiger partial charge in [0.25, 0.3) is 0 Å². The fraction of sp³-hybridized carbons (Fsp3) is 0.455. The molecular formula is C22H31NOSi. The van der Waals surface area contributed by atoms with Gasteiger partial charge in [-0.25, -0.2) is 0 Å². The second-order valence-corrected chi connectivity index (χ2v) is 12.8. The van der Waals surface area contributed by atoms with Gasteiger partial charge in [-0.15, -0.1) is 0 Å². The van der Waals surface area contributed by atoms with Gasteiger partial charge in [-0.3, -0.25) is 0 Å². The number of hydrogen-bond acceptors (Lipinski definition) is 2. The van der Waals surface area contributed by atoms with E-state index in [1.807, 2.05) is 0 Å². The van der Waals surface area contributed by atoms with Crippen molar-refractivity contribution < 1.29 is 4.43 Å². The zero-order chi connectivity index (χ0) is 18.1. The lowest BCUT2D eigenvalue weighted by Gasteiger charge is -2.45. The van der Waals surface area contributed by atoms with Gasteiger partial charge in [0, 0.05) is 6.04 Å². The van der Waals surface area contributed by atoms with E-state index in [9.17, 15) is 0 Å². The molecule has 1 aliphatic rings. The summed E-state index contributed by atoms with van der Waals surface area (Å²) < 4.78 is 7.07. The molecule has 1 atom stereocenters. The van der Waals surface area contributed by atoms with E-state index in [2.05, 4.69) is 87.3 Å². The molecule has 2 aromatic carbocycles. The highest BCUT2D eigenvalue weighted by atomic mass is 28.4. The van der Waals surface area contributed by atoms with Crippen LogP contribution in [0.25, 0.3) is 0 Å². The van der Waals surface area contributed by atoms with Crippen LogP contribution in [0.5, 0.6) is 0 Å². The van der Waals surface area contributed by atoms with Crippen LogP contribution < -0.4 is 5.32 Å². The molecule has 2 aromatic rings. The van der Waals surface area contributed by atoms with Gasteiger partial charge >= 0.3 is 0 Å². The molecule has 3 heteroatoms. The zero-order valence-electron chi connectivity index (χ0n) is 16.2. The molecule has 0 amide bonds. The van der Waals surface area contributed by atoms with Gasteiger partial charge in [-0.05, 0) is 64.0 Å². The topological polar surface area (TPSA) is 21.3 Å². The van der Waals surface area contributed by atoms with Crippen LogP contribution in [-0.2, 0) is 10.0 Å². The van der Waals surface area contributed by atoms with Gasteiger partial charge in [0.05, 0.1) is 0 Å². The Morgan fingerprint density at radius 2 is 1.52 bits per heavy atom. The Hall–Kier alpha value is -1.42. The molecule has 1 saturated heterocycles. The molecule has 1 fully saturated rings. The Kier molecular flexibility index (Phi) is 5.19. The maximum Gasteiger partial charge on any atom is 0.185 e. The first kappa shape index (κ1) is 18.4. The number of nitrogens with one attached hydrogen (secondary N) is 1. The second-order valence-electron chi connectivity index (χ2n) is 8.34. The van der Waals surface area contributed by atoms with Crippen molar-refractivity contribution in [2.75, 3.05) is 6.54 Å². The highest BCUT2D eigenvalue weighted by molar-refractivity contribution is 6.69. The van der Waals surface area contributed by atoms with Gasteiger partial charge in [0.15, 0.2) is 8.32 Å². The van der Waals surface area contributed by atoms with E-state index in [4.69, 9.17) is 4.43 Å². The van der Waals surface area contributed by atoms with Crippen LogP contribution in [0.3, 0.4) is 0 Å². The summed E-state index contributed by atoms with van der Waals surface area (Å²) in [6.45, 7) is 12.3. The van der Waals surface area contributed by atoms with Crippen molar-refractivity contribution >= 4 is 8.32 Å². The van der Waals surface area contributed by atoms with E-state index in [-0.39, 0.29) is 0 Å². The minimum absolute atomic E-state index is 0.308. The Labute approximate surface area is 153 Å². The first-order chi connectivity index (χ1) is 11.8. The number of hydrogen-bond donors (Lipinski definition) is 1. The quantitative estimate of drug-likeness (QED) is 0.751. The number of aryl methyl sites for hydroxylation is 2. The molecule has 0 spiro atoms. The Balaban J connectivity index is 2.26. The summed E-state index contributed by atoms with van der Waals surface area (Å²) in [7, 11) is -1.80. The molecule has 0 radical (unpaired) electrons. The monoisotopic (exact) mass is 353 g/mol. The van der Waals surface area contributed by atoms with Gasteiger partial charge in [0.1, 0.15) is 5.60 Å². The highest BCUT2D eigenvalue weighted by Crippen LogP contribution is 2.42. The molecule has 0 bridgehead atoms. The third kappa shape index (κ3) is 3.89. The fourth-order valence-electron chi connectivity index (χ4n) is 4.02. The van der Waals surface area contributed by atoms with Crippen molar-refractivity contribution in [1.29, 1.82) is 0 Å². The molecule has 0 aromatic heterocycles. The number of rotatable bonds is 5. The first-order valence-corrected chi connectivity index (χ1v) is 12.8.